The summed E-state index contributed by atoms with van der Waals surface area (Å²) in [5.41, 5.74) is 3.65. The molecule has 0 aliphatic rings. The summed E-state index contributed by atoms with van der Waals surface area (Å²) in [4.78, 5) is 32.4. The van der Waals surface area contributed by atoms with Crippen molar-refractivity contribution in [3.05, 3.63) is 103 Å². The first-order valence-corrected chi connectivity index (χ1v) is 11.6. The van der Waals surface area contributed by atoms with Gasteiger partial charge in [0, 0.05) is 52.7 Å². The Morgan fingerprint density at radius 2 is 1.89 bits per heavy atom. The van der Waals surface area contributed by atoms with Crippen molar-refractivity contribution in [2.24, 2.45) is 0 Å². The second kappa shape index (κ2) is 10.3. The van der Waals surface area contributed by atoms with E-state index in [-0.39, 0.29) is 11.3 Å². The molecule has 1 aromatic carbocycles. The molecule has 0 atom stereocenters. The molecule has 4 aromatic heterocycles. The zero-order chi connectivity index (χ0) is 26.7. The van der Waals surface area contributed by atoms with Crippen molar-refractivity contribution < 1.29 is 18.0 Å². The van der Waals surface area contributed by atoms with Gasteiger partial charge in [0.1, 0.15) is 12.0 Å². The van der Waals surface area contributed by atoms with Crippen molar-refractivity contribution >= 4 is 22.6 Å². The van der Waals surface area contributed by atoms with Crippen LogP contribution in [0.5, 0.6) is 0 Å². The SMILES string of the molecule is C=CC(=O)Nc1cc(-c2cnc3[nH]cc(-c4ncncc4CCc4ccccn4)c3c2)cc(C(F)(F)F)c1. The largest absolute Gasteiger partial charge is 0.416 e. The molecule has 5 aromatic rings. The number of pyridine rings is 2. The topological polar surface area (TPSA) is 96.5 Å². The smallest absolute Gasteiger partial charge is 0.345 e. The van der Waals surface area contributed by atoms with Crippen molar-refractivity contribution in [1.29, 1.82) is 0 Å². The number of hydrogen-bond donors (Lipinski definition) is 2. The first-order chi connectivity index (χ1) is 18.3. The van der Waals surface area contributed by atoms with Crippen LogP contribution >= 0.6 is 0 Å². The van der Waals surface area contributed by atoms with E-state index in [0.29, 0.717) is 35.1 Å². The number of benzene rings is 1. The Kier molecular flexibility index (Phi) is 6.69. The van der Waals surface area contributed by atoms with Crippen LogP contribution < -0.4 is 5.32 Å². The monoisotopic (exact) mass is 514 g/mol. The molecule has 10 heteroatoms. The van der Waals surface area contributed by atoms with Crippen LogP contribution in [0.2, 0.25) is 0 Å². The molecule has 0 saturated heterocycles. The lowest BCUT2D eigenvalue weighted by Crippen LogP contribution is -2.10. The molecule has 5 rings (SSSR count). The molecule has 0 radical (unpaired) electrons. The molecule has 7 nitrogen and oxygen atoms in total. The Morgan fingerprint density at radius 3 is 2.66 bits per heavy atom. The van der Waals surface area contributed by atoms with Crippen molar-refractivity contribution in [2.75, 3.05) is 5.32 Å². The van der Waals surface area contributed by atoms with Crippen molar-refractivity contribution in [2.45, 2.75) is 19.0 Å². The van der Waals surface area contributed by atoms with Gasteiger partial charge in [0.25, 0.3) is 0 Å². The van der Waals surface area contributed by atoms with E-state index in [2.05, 4.69) is 36.8 Å². The summed E-state index contributed by atoms with van der Waals surface area (Å²) >= 11 is 0. The molecule has 4 heterocycles. The quantitative estimate of drug-likeness (QED) is 0.259. The number of rotatable bonds is 7. The predicted molar refractivity (Wildman–Crippen MR) is 138 cm³/mol. The Labute approximate surface area is 215 Å². The first-order valence-electron chi connectivity index (χ1n) is 11.6. The number of anilines is 1. The average molecular weight is 515 g/mol. The van der Waals surface area contributed by atoms with Crippen LogP contribution in [-0.2, 0) is 23.8 Å². The number of aromatic amines is 1. The van der Waals surface area contributed by atoms with Crippen molar-refractivity contribution in [1.82, 2.24) is 24.9 Å². The van der Waals surface area contributed by atoms with E-state index >= 15 is 0 Å². The fraction of sp³-hybridized carbons (Fsp3) is 0.107. The number of amides is 1. The Morgan fingerprint density at radius 1 is 1.03 bits per heavy atom. The van der Waals surface area contributed by atoms with Crippen LogP contribution in [0.15, 0.2) is 86.2 Å². The maximum absolute atomic E-state index is 13.6. The maximum atomic E-state index is 13.6. The van der Waals surface area contributed by atoms with Crippen molar-refractivity contribution in [3.63, 3.8) is 0 Å². The number of carbonyl (C=O) groups excluding carboxylic acids is 1. The Bertz CT molecular complexity index is 1630. The molecule has 0 bridgehead atoms. The first kappa shape index (κ1) is 24.8. The summed E-state index contributed by atoms with van der Waals surface area (Å²) in [7, 11) is 0. The molecule has 0 aliphatic heterocycles. The highest BCUT2D eigenvalue weighted by atomic mass is 19.4. The zero-order valence-electron chi connectivity index (χ0n) is 20.0. The number of aryl methyl sites for hydroxylation is 2. The van der Waals surface area contributed by atoms with E-state index in [1.54, 1.807) is 24.7 Å². The number of nitrogens with one attached hydrogen (secondary N) is 2. The fourth-order valence-corrected chi connectivity index (χ4v) is 4.17. The fourth-order valence-electron chi connectivity index (χ4n) is 4.17. The Balaban J connectivity index is 1.56. The molecule has 0 spiro atoms. The molecular weight excluding hydrogens is 493 g/mol. The highest BCUT2D eigenvalue weighted by Gasteiger charge is 2.31. The van der Waals surface area contributed by atoms with Gasteiger partial charge >= 0.3 is 6.18 Å². The van der Waals surface area contributed by atoms with Gasteiger partial charge in [-0.25, -0.2) is 15.0 Å². The molecule has 0 fully saturated rings. The van der Waals surface area contributed by atoms with Gasteiger partial charge in [0.2, 0.25) is 5.91 Å². The predicted octanol–water partition coefficient (Wildman–Crippen LogP) is 6.01. The van der Waals surface area contributed by atoms with E-state index < -0.39 is 17.6 Å². The number of aromatic nitrogens is 5. The van der Waals surface area contributed by atoms with Crippen LogP contribution in [0, 0.1) is 0 Å². The highest BCUT2D eigenvalue weighted by Crippen LogP contribution is 2.37. The van der Waals surface area contributed by atoms with E-state index in [1.165, 1.54) is 18.6 Å². The molecule has 0 saturated carbocycles. The highest BCUT2D eigenvalue weighted by molar-refractivity contribution is 6.00. The summed E-state index contributed by atoms with van der Waals surface area (Å²) in [6.45, 7) is 3.35. The third kappa shape index (κ3) is 5.29. The van der Waals surface area contributed by atoms with Gasteiger partial charge in [0.15, 0.2) is 0 Å². The second-order valence-electron chi connectivity index (χ2n) is 8.53. The number of fused-ring (bicyclic) bond motifs is 1. The Hall–Kier alpha value is -4.86. The molecule has 1 amide bonds. The lowest BCUT2D eigenvalue weighted by molar-refractivity contribution is -0.137. The van der Waals surface area contributed by atoms with Crippen LogP contribution in [0.1, 0.15) is 16.8 Å². The van der Waals surface area contributed by atoms with E-state index in [4.69, 9.17) is 0 Å². The minimum absolute atomic E-state index is 0.00159. The molecule has 0 unspecified atom stereocenters. The van der Waals surface area contributed by atoms with Crippen LogP contribution in [0.3, 0.4) is 0 Å². The number of hydrogen-bond acceptors (Lipinski definition) is 5. The minimum atomic E-state index is -4.61. The molecule has 2 N–H and O–H groups in total. The summed E-state index contributed by atoms with van der Waals surface area (Å²) in [5.74, 6) is -0.612. The lowest BCUT2D eigenvalue weighted by atomic mass is 9.99. The number of nitrogens with zero attached hydrogens (tertiary/aromatic N) is 4. The maximum Gasteiger partial charge on any atom is 0.416 e. The second-order valence-corrected chi connectivity index (χ2v) is 8.53. The van der Waals surface area contributed by atoms with E-state index in [9.17, 15) is 18.0 Å². The molecule has 0 aliphatic carbocycles. The normalized spacial score (nSPS) is 11.4. The van der Waals surface area contributed by atoms with Crippen LogP contribution in [0.4, 0.5) is 18.9 Å². The van der Waals surface area contributed by atoms with Gasteiger partial charge in [-0.3, -0.25) is 9.78 Å². The van der Waals surface area contributed by atoms with Gasteiger partial charge in [-0.2, -0.15) is 13.2 Å². The van der Waals surface area contributed by atoms with Crippen LogP contribution in [-0.4, -0.2) is 30.8 Å². The number of carbonyl (C=O) groups is 1. The van der Waals surface area contributed by atoms with Gasteiger partial charge in [-0.05, 0) is 66.4 Å². The summed E-state index contributed by atoms with van der Waals surface area (Å²) in [6, 6.07) is 10.9. The zero-order valence-corrected chi connectivity index (χ0v) is 20.0. The molecule has 38 heavy (non-hydrogen) atoms. The molecule has 190 valence electrons. The number of H-pyrrole nitrogens is 1. The number of halogens is 3. The van der Waals surface area contributed by atoms with Gasteiger partial charge in [-0.15, -0.1) is 0 Å². The molecular formula is C28H21F3N6O. The van der Waals surface area contributed by atoms with Gasteiger partial charge in [0.05, 0.1) is 11.3 Å². The number of alkyl halides is 3. The van der Waals surface area contributed by atoms with Gasteiger partial charge in [-0.1, -0.05) is 12.6 Å². The van der Waals surface area contributed by atoms with Crippen molar-refractivity contribution in [3.8, 4) is 22.4 Å². The third-order valence-corrected chi connectivity index (χ3v) is 6.00. The third-order valence-electron chi connectivity index (χ3n) is 6.00. The standard InChI is InChI=1S/C28H21F3N6O/c1-2-25(38)37-22-10-18(9-20(12-22)28(29,30)31)19-11-23-24(15-35-27(23)34-14-19)26-17(13-32-16-36-26)6-7-21-5-3-4-8-33-21/h2-5,8-16H,1,6-7H2,(H,34,35)(H,37,38). The summed E-state index contributed by atoms with van der Waals surface area (Å²) in [5, 5.41) is 3.10. The van der Waals surface area contributed by atoms with E-state index in [1.807, 2.05) is 18.2 Å². The minimum Gasteiger partial charge on any atom is -0.345 e. The van der Waals surface area contributed by atoms with E-state index in [0.717, 1.165) is 35.0 Å². The summed E-state index contributed by atoms with van der Waals surface area (Å²) < 4.78 is 40.9. The lowest BCUT2D eigenvalue weighted by Gasteiger charge is -2.13. The van der Waals surface area contributed by atoms with Gasteiger partial charge < -0.3 is 10.3 Å². The average Bonchev–Trinajstić information content (AvgIpc) is 3.35. The summed E-state index contributed by atoms with van der Waals surface area (Å²) in [6.07, 6.45) is 5.93. The van der Waals surface area contributed by atoms with Crippen LogP contribution in [0.25, 0.3) is 33.4 Å².